The molecule has 0 N–H and O–H groups in total. The maximum atomic E-state index is 4.58. The normalized spacial score (nSPS) is 9.88. The van der Waals surface area contributed by atoms with Gasteiger partial charge in [0, 0.05) is 10.8 Å². The minimum Gasteiger partial charge on any atom is -0.248 e. The van der Waals surface area contributed by atoms with Crippen molar-refractivity contribution in [3.05, 3.63) is 54.6 Å². The third-order valence-corrected chi connectivity index (χ3v) is 2.43. The van der Waals surface area contributed by atoms with Gasteiger partial charge in [0.15, 0.2) is 0 Å². The van der Waals surface area contributed by atoms with Gasteiger partial charge < -0.3 is 0 Å². The first-order valence-corrected chi connectivity index (χ1v) is 6.02. The fourth-order valence-electron chi connectivity index (χ4n) is 1.72. The van der Waals surface area contributed by atoms with Crippen molar-refractivity contribution in [1.82, 2.24) is 4.98 Å². The van der Waals surface area contributed by atoms with E-state index in [2.05, 4.69) is 35.8 Å². The molecule has 0 radical (unpaired) electrons. The molecule has 2 heteroatoms. The van der Waals surface area contributed by atoms with Gasteiger partial charge in [-0.1, -0.05) is 36.4 Å². The van der Waals surface area contributed by atoms with Crippen LogP contribution in [-0.2, 0) is 0 Å². The molecule has 0 unspecified atom stereocenters. The average molecular weight is 227 g/mol. The van der Waals surface area contributed by atoms with Gasteiger partial charge in [-0.25, -0.2) is 4.98 Å². The zero-order valence-corrected chi connectivity index (χ0v) is 9.99. The molecule has 80 valence electrons. The highest BCUT2D eigenvalue weighted by molar-refractivity contribution is 7.79. The summed E-state index contributed by atoms with van der Waals surface area (Å²) in [4.78, 5) is 4.58. The highest BCUT2D eigenvalue weighted by atomic mass is 32.1. The number of rotatable bonds is 0. The molecule has 1 nitrogen and oxygen atoms in total. The lowest BCUT2D eigenvalue weighted by atomic mass is 10.1. The Morgan fingerprint density at radius 2 is 1.19 bits per heavy atom. The number of thiol groups is 1. The summed E-state index contributed by atoms with van der Waals surface area (Å²) in [6.07, 6.45) is 1.69. The number of fused-ring (bicyclic) bond motifs is 2. The molecule has 0 aliphatic heterocycles. The van der Waals surface area contributed by atoms with Crippen molar-refractivity contribution >= 4 is 34.4 Å². The van der Waals surface area contributed by atoms with Crippen molar-refractivity contribution < 1.29 is 0 Å². The van der Waals surface area contributed by atoms with Crippen LogP contribution < -0.4 is 0 Å². The van der Waals surface area contributed by atoms with Gasteiger partial charge in [0.25, 0.3) is 0 Å². The van der Waals surface area contributed by atoms with Crippen molar-refractivity contribution in [2.24, 2.45) is 0 Å². The fraction of sp³-hybridized carbons (Fsp3) is 0.0714. The zero-order chi connectivity index (χ0) is 11.4. The molecule has 1 heterocycles. The molecule has 0 fully saturated rings. The molecule has 0 amide bonds. The quantitative estimate of drug-likeness (QED) is 0.453. The van der Waals surface area contributed by atoms with Crippen LogP contribution in [0, 0.1) is 0 Å². The van der Waals surface area contributed by atoms with Crippen LogP contribution in [-0.4, -0.2) is 11.2 Å². The number of benzene rings is 2. The standard InChI is InChI=1S/C13H9N.CH4S/c1-3-7-12-10(5-1)9-11-6-2-4-8-13(11)14-12;1-2/h1-9H;2H,1H3. The number of pyridine rings is 1. The van der Waals surface area contributed by atoms with Crippen LogP contribution in [0.4, 0.5) is 0 Å². The van der Waals surface area contributed by atoms with E-state index in [4.69, 9.17) is 0 Å². The Labute approximate surface area is 101 Å². The fourth-order valence-corrected chi connectivity index (χ4v) is 1.72. The molecule has 2 aromatic carbocycles. The molecule has 0 atom stereocenters. The minimum atomic E-state index is 1.06. The highest BCUT2D eigenvalue weighted by Gasteiger charge is 1.96. The molecule has 1 aromatic heterocycles. The Hall–Kier alpha value is -1.54. The monoisotopic (exact) mass is 227 g/mol. The number of para-hydroxylation sites is 2. The van der Waals surface area contributed by atoms with E-state index in [0.717, 1.165) is 11.0 Å². The minimum absolute atomic E-state index is 1.06. The third-order valence-electron chi connectivity index (χ3n) is 2.43. The van der Waals surface area contributed by atoms with Crippen LogP contribution in [0.15, 0.2) is 54.6 Å². The first-order valence-electron chi connectivity index (χ1n) is 5.13. The summed E-state index contributed by atoms with van der Waals surface area (Å²) in [6, 6.07) is 18.6. The third kappa shape index (κ3) is 2.02. The zero-order valence-electron chi connectivity index (χ0n) is 9.09. The van der Waals surface area contributed by atoms with E-state index < -0.39 is 0 Å². The molecule has 0 spiro atoms. The van der Waals surface area contributed by atoms with Gasteiger partial charge >= 0.3 is 0 Å². The number of nitrogens with zero attached hydrogens (tertiary/aromatic N) is 1. The maximum absolute atomic E-state index is 4.58. The lowest BCUT2D eigenvalue weighted by Gasteiger charge is -1.99. The second kappa shape index (κ2) is 4.99. The molecule has 0 saturated heterocycles. The van der Waals surface area contributed by atoms with E-state index >= 15 is 0 Å². The Morgan fingerprint density at radius 1 is 0.750 bits per heavy atom. The van der Waals surface area contributed by atoms with Crippen molar-refractivity contribution in [2.45, 2.75) is 0 Å². The number of hydrogen-bond donors (Lipinski definition) is 1. The molecule has 0 saturated carbocycles. The van der Waals surface area contributed by atoms with Gasteiger partial charge in [-0.05, 0) is 24.5 Å². The summed E-state index contributed by atoms with van der Waals surface area (Å²) in [5, 5.41) is 2.40. The van der Waals surface area contributed by atoms with Gasteiger partial charge in [-0.15, -0.1) is 0 Å². The SMILES string of the molecule is CS.c1ccc2nc3ccccc3cc2c1. The van der Waals surface area contributed by atoms with Gasteiger partial charge in [-0.2, -0.15) is 12.6 Å². The van der Waals surface area contributed by atoms with Crippen LogP contribution in [0.25, 0.3) is 21.8 Å². The summed E-state index contributed by atoms with van der Waals surface area (Å²) in [5.41, 5.74) is 2.12. The van der Waals surface area contributed by atoms with E-state index in [-0.39, 0.29) is 0 Å². The first kappa shape index (κ1) is 11.0. The molecule has 0 aliphatic carbocycles. The number of aromatic nitrogens is 1. The summed E-state index contributed by atoms with van der Waals surface area (Å²) < 4.78 is 0. The second-order valence-electron chi connectivity index (χ2n) is 3.37. The highest BCUT2D eigenvalue weighted by Crippen LogP contribution is 2.18. The van der Waals surface area contributed by atoms with E-state index in [9.17, 15) is 0 Å². The molecule has 3 aromatic rings. The van der Waals surface area contributed by atoms with Crippen LogP contribution in [0.1, 0.15) is 0 Å². The predicted molar refractivity (Wildman–Crippen MR) is 74.2 cm³/mol. The van der Waals surface area contributed by atoms with E-state index in [0.29, 0.717) is 0 Å². The van der Waals surface area contributed by atoms with Gasteiger partial charge in [0.05, 0.1) is 11.0 Å². The van der Waals surface area contributed by atoms with Crippen molar-refractivity contribution in [3.63, 3.8) is 0 Å². The van der Waals surface area contributed by atoms with Gasteiger partial charge in [0.2, 0.25) is 0 Å². The average Bonchev–Trinajstić information content (AvgIpc) is 2.38. The molecular weight excluding hydrogens is 214 g/mol. The lowest BCUT2D eigenvalue weighted by Crippen LogP contribution is -1.80. The molecule has 16 heavy (non-hydrogen) atoms. The Balaban J connectivity index is 0.000000457. The van der Waals surface area contributed by atoms with Crippen LogP contribution in [0.5, 0.6) is 0 Å². The lowest BCUT2D eigenvalue weighted by molar-refractivity contribution is 1.50. The molecule has 0 bridgehead atoms. The van der Waals surface area contributed by atoms with Crippen molar-refractivity contribution in [1.29, 1.82) is 0 Å². The summed E-state index contributed by atoms with van der Waals surface area (Å²) in [6.45, 7) is 0. The van der Waals surface area contributed by atoms with Crippen LogP contribution >= 0.6 is 12.6 Å². The topological polar surface area (TPSA) is 12.9 Å². The molecule has 0 aliphatic rings. The van der Waals surface area contributed by atoms with Gasteiger partial charge in [0.1, 0.15) is 0 Å². The maximum Gasteiger partial charge on any atom is 0.0709 e. The smallest absolute Gasteiger partial charge is 0.0709 e. The van der Waals surface area contributed by atoms with E-state index in [1.54, 1.807) is 6.26 Å². The van der Waals surface area contributed by atoms with E-state index in [1.807, 2.05) is 36.4 Å². The summed E-state index contributed by atoms with van der Waals surface area (Å²) >= 11 is 3.53. The Morgan fingerprint density at radius 3 is 1.69 bits per heavy atom. The van der Waals surface area contributed by atoms with Crippen molar-refractivity contribution in [2.75, 3.05) is 6.26 Å². The Bertz CT molecular complexity index is 499. The Kier molecular flexibility index (Phi) is 3.42. The summed E-state index contributed by atoms with van der Waals surface area (Å²) in [5.74, 6) is 0. The largest absolute Gasteiger partial charge is 0.248 e. The van der Waals surface area contributed by atoms with E-state index in [1.165, 1.54) is 10.8 Å². The predicted octanol–water partition coefficient (Wildman–Crippen LogP) is 3.93. The molecular formula is C14H13NS. The summed E-state index contributed by atoms with van der Waals surface area (Å²) in [7, 11) is 0. The molecule has 3 rings (SSSR count). The van der Waals surface area contributed by atoms with Crippen LogP contribution in [0.2, 0.25) is 0 Å². The van der Waals surface area contributed by atoms with Crippen molar-refractivity contribution in [3.8, 4) is 0 Å². The second-order valence-corrected chi connectivity index (χ2v) is 3.37. The number of hydrogen-bond acceptors (Lipinski definition) is 2. The van der Waals surface area contributed by atoms with Crippen LogP contribution in [0.3, 0.4) is 0 Å². The van der Waals surface area contributed by atoms with Gasteiger partial charge in [-0.3, -0.25) is 0 Å². The first-order chi connectivity index (χ1) is 7.93.